The monoisotopic (exact) mass is 276 g/mol. The molecule has 4 nitrogen and oxygen atoms in total. The third kappa shape index (κ3) is 2.39. The normalized spacial score (nSPS) is 11.5. The Morgan fingerprint density at radius 3 is 2.38 bits per heavy atom. The molecule has 21 heavy (non-hydrogen) atoms. The van der Waals surface area contributed by atoms with Gasteiger partial charge < -0.3 is 5.73 Å². The van der Waals surface area contributed by atoms with Crippen LogP contribution in [0, 0.1) is 11.3 Å². The van der Waals surface area contributed by atoms with Gasteiger partial charge in [-0.1, -0.05) is 30.3 Å². The summed E-state index contributed by atoms with van der Waals surface area (Å²) in [5.41, 5.74) is 10.3. The van der Waals surface area contributed by atoms with Crippen molar-refractivity contribution in [3.05, 3.63) is 53.7 Å². The summed E-state index contributed by atoms with van der Waals surface area (Å²) < 4.78 is 0. The minimum atomic E-state index is -0.346. The second-order valence-electron chi connectivity index (χ2n) is 5.74. The smallest absolute Gasteiger partial charge is 0.170 e. The van der Waals surface area contributed by atoms with Crippen LogP contribution < -0.4 is 5.73 Å². The average molecular weight is 276 g/mol. The molecule has 2 aromatic carbocycles. The van der Waals surface area contributed by atoms with Gasteiger partial charge in [0.2, 0.25) is 0 Å². The Morgan fingerprint density at radius 1 is 1.10 bits per heavy atom. The van der Waals surface area contributed by atoms with Crippen molar-refractivity contribution < 1.29 is 0 Å². The maximum absolute atomic E-state index is 9.07. The zero-order valence-electron chi connectivity index (χ0n) is 12.0. The van der Waals surface area contributed by atoms with Crippen molar-refractivity contribution in [1.82, 2.24) is 10.2 Å². The molecule has 3 N–H and O–H groups in total. The standard InChI is InChI=1S/C17H16N4/c1-17(2,19)13-6-3-11(4-7-13)12-5-8-15-14(9-12)16(10-18)21-20-15/h3-9H,19H2,1-2H3,(H,20,21). The van der Waals surface area contributed by atoms with Crippen molar-refractivity contribution in [3.8, 4) is 17.2 Å². The minimum absolute atomic E-state index is 0.346. The van der Waals surface area contributed by atoms with Gasteiger partial charge in [-0.05, 0) is 42.7 Å². The van der Waals surface area contributed by atoms with E-state index in [1.165, 1.54) is 0 Å². The summed E-state index contributed by atoms with van der Waals surface area (Å²) >= 11 is 0. The van der Waals surface area contributed by atoms with Crippen molar-refractivity contribution >= 4 is 10.9 Å². The molecule has 0 aliphatic rings. The number of aromatic nitrogens is 2. The molecular formula is C17H16N4. The number of rotatable bonds is 2. The Kier molecular flexibility index (Phi) is 3.00. The molecule has 0 aliphatic heterocycles. The van der Waals surface area contributed by atoms with Crippen molar-refractivity contribution in [2.24, 2.45) is 5.73 Å². The third-order valence-corrected chi connectivity index (χ3v) is 3.63. The first-order valence-electron chi connectivity index (χ1n) is 6.77. The average Bonchev–Trinajstić information content (AvgIpc) is 2.88. The van der Waals surface area contributed by atoms with Crippen molar-refractivity contribution in [2.45, 2.75) is 19.4 Å². The summed E-state index contributed by atoms with van der Waals surface area (Å²) in [7, 11) is 0. The molecule has 0 saturated carbocycles. The highest BCUT2D eigenvalue weighted by Gasteiger charge is 2.13. The number of hydrogen-bond acceptors (Lipinski definition) is 3. The van der Waals surface area contributed by atoms with E-state index in [2.05, 4.69) is 28.4 Å². The lowest BCUT2D eigenvalue weighted by molar-refractivity contribution is 0.554. The Labute approximate surface area is 123 Å². The second kappa shape index (κ2) is 4.72. The van der Waals surface area contributed by atoms with Gasteiger partial charge in [0, 0.05) is 10.9 Å². The molecular weight excluding hydrogens is 260 g/mol. The molecule has 1 aromatic heterocycles. The van der Waals surface area contributed by atoms with Crippen LogP contribution in [0.5, 0.6) is 0 Å². The topological polar surface area (TPSA) is 78.5 Å². The molecule has 0 amide bonds. The molecule has 3 rings (SSSR count). The number of H-pyrrole nitrogens is 1. The van der Waals surface area contributed by atoms with E-state index in [9.17, 15) is 0 Å². The number of nitrogens with zero attached hydrogens (tertiary/aromatic N) is 2. The SMILES string of the molecule is CC(C)(N)c1ccc(-c2ccc3[nH]nc(C#N)c3c2)cc1. The quantitative estimate of drug-likeness (QED) is 0.753. The van der Waals surface area contributed by atoms with Crippen molar-refractivity contribution in [2.75, 3.05) is 0 Å². The highest BCUT2D eigenvalue weighted by atomic mass is 15.1. The van der Waals surface area contributed by atoms with Crippen LogP contribution in [0.4, 0.5) is 0 Å². The molecule has 1 heterocycles. The van der Waals surface area contributed by atoms with Crippen LogP contribution in [0.15, 0.2) is 42.5 Å². The Morgan fingerprint density at radius 2 is 1.76 bits per heavy atom. The molecule has 3 aromatic rings. The van der Waals surface area contributed by atoms with E-state index >= 15 is 0 Å². The number of aromatic amines is 1. The molecule has 0 fully saturated rings. The predicted octanol–water partition coefficient (Wildman–Crippen LogP) is 3.30. The molecule has 0 aliphatic carbocycles. The summed E-state index contributed by atoms with van der Waals surface area (Å²) in [6.07, 6.45) is 0. The van der Waals surface area contributed by atoms with Crippen LogP contribution in [-0.4, -0.2) is 10.2 Å². The first-order valence-corrected chi connectivity index (χ1v) is 6.77. The van der Waals surface area contributed by atoms with Gasteiger partial charge in [-0.15, -0.1) is 0 Å². The lowest BCUT2D eigenvalue weighted by Crippen LogP contribution is -2.28. The fraction of sp³-hybridized carbons (Fsp3) is 0.176. The largest absolute Gasteiger partial charge is 0.322 e. The van der Waals surface area contributed by atoms with Gasteiger partial charge in [-0.3, -0.25) is 5.10 Å². The van der Waals surface area contributed by atoms with Crippen LogP contribution in [0.25, 0.3) is 22.0 Å². The summed E-state index contributed by atoms with van der Waals surface area (Å²) in [5.74, 6) is 0. The summed E-state index contributed by atoms with van der Waals surface area (Å²) in [6, 6.07) is 16.2. The van der Waals surface area contributed by atoms with Gasteiger partial charge in [-0.2, -0.15) is 10.4 Å². The summed E-state index contributed by atoms with van der Waals surface area (Å²) in [6.45, 7) is 3.97. The lowest BCUT2D eigenvalue weighted by Gasteiger charge is -2.19. The highest BCUT2D eigenvalue weighted by Crippen LogP contribution is 2.27. The number of benzene rings is 2. The summed E-state index contributed by atoms with van der Waals surface area (Å²) in [5, 5.41) is 16.8. The van der Waals surface area contributed by atoms with E-state index in [1.807, 2.05) is 44.2 Å². The fourth-order valence-corrected chi connectivity index (χ4v) is 2.37. The summed E-state index contributed by atoms with van der Waals surface area (Å²) in [4.78, 5) is 0. The van der Waals surface area contributed by atoms with Crippen LogP contribution >= 0.6 is 0 Å². The van der Waals surface area contributed by atoms with Gasteiger partial charge in [0.05, 0.1) is 5.52 Å². The minimum Gasteiger partial charge on any atom is -0.322 e. The van der Waals surface area contributed by atoms with Crippen LogP contribution in [-0.2, 0) is 5.54 Å². The number of nitrogens with two attached hydrogens (primary N) is 1. The van der Waals surface area contributed by atoms with Gasteiger partial charge in [0.25, 0.3) is 0 Å². The molecule has 0 bridgehead atoms. The molecule has 0 unspecified atom stereocenters. The maximum Gasteiger partial charge on any atom is 0.170 e. The molecule has 0 saturated heterocycles. The van der Waals surface area contributed by atoms with E-state index < -0.39 is 0 Å². The van der Waals surface area contributed by atoms with Crippen LogP contribution in [0.3, 0.4) is 0 Å². The van der Waals surface area contributed by atoms with E-state index in [-0.39, 0.29) is 5.54 Å². The molecule has 0 radical (unpaired) electrons. The van der Waals surface area contributed by atoms with E-state index in [1.54, 1.807) is 0 Å². The van der Waals surface area contributed by atoms with E-state index in [0.29, 0.717) is 5.69 Å². The zero-order valence-corrected chi connectivity index (χ0v) is 12.0. The Bertz CT molecular complexity index is 830. The first-order chi connectivity index (χ1) is 9.99. The number of nitrogens with one attached hydrogen (secondary N) is 1. The van der Waals surface area contributed by atoms with Crippen LogP contribution in [0.2, 0.25) is 0 Å². The number of hydrogen-bond donors (Lipinski definition) is 2. The van der Waals surface area contributed by atoms with Gasteiger partial charge in [0.15, 0.2) is 5.69 Å². The van der Waals surface area contributed by atoms with Gasteiger partial charge in [0.1, 0.15) is 6.07 Å². The van der Waals surface area contributed by atoms with Gasteiger partial charge in [-0.25, -0.2) is 0 Å². The molecule has 0 spiro atoms. The molecule has 4 heteroatoms. The van der Waals surface area contributed by atoms with Crippen molar-refractivity contribution in [3.63, 3.8) is 0 Å². The number of nitriles is 1. The maximum atomic E-state index is 9.07. The highest BCUT2D eigenvalue weighted by molar-refractivity contribution is 5.88. The van der Waals surface area contributed by atoms with Crippen LogP contribution in [0.1, 0.15) is 25.1 Å². The first kappa shape index (κ1) is 13.3. The molecule has 0 atom stereocenters. The Hall–Kier alpha value is -2.64. The second-order valence-corrected chi connectivity index (χ2v) is 5.74. The zero-order chi connectivity index (χ0) is 15.0. The molecule has 104 valence electrons. The third-order valence-electron chi connectivity index (χ3n) is 3.63. The number of fused-ring (bicyclic) bond motifs is 1. The van der Waals surface area contributed by atoms with Crippen molar-refractivity contribution in [1.29, 1.82) is 5.26 Å². The Balaban J connectivity index is 2.06. The lowest BCUT2D eigenvalue weighted by atomic mass is 9.93. The fourth-order valence-electron chi connectivity index (χ4n) is 2.37. The van der Waals surface area contributed by atoms with E-state index in [4.69, 9.17) is 11.0 Å². The predicted molar refractivity (Wildman–Crippen MR) is 83.5 cm³/mol. The van der Waals surface area contributed by atoms with E-state index in [0.717, 1.165) is 27.6 Å². The van der Waals surface area contributed by atoms with Gasteiger partial charge >= 0.3 is 0 Å².